The van der Waals surface area contributed by atoms with Gasteiger partial charge in [-0.15, -0.1) is 0 Å². The molecule has 0 aromatic carbocycles. The number of pyridine rings is 1. The van der Waals surface area contributed by atoms with Crippen molar-refractivity contribution in [2.45, 2.75) is 6.92 Å². The first-order valence-electron chi connectivity index (χ1n) is 3.80. The summed E-state index contributed by atoms with van der Waals surface area (Å²) >= 11 is 0. The topological polar surface area (TPSA) is 40.0 Å². The maximum absolute atomic E-state index is 7.71. The number of nitrogens with one attached hydrogen (secondary N) is 1. The molecule has 64 valence electrons. The first-order chi connectivity index (χ1) is 5.63. The molecule has 3 nitrogen and oxygen atoms in total. The van der Waals surface area contributed by atoms with Gasteiger partial charge in [-0.1, -0.05) is 0 Å². The fourth-order valence-corrected chi connectivity index (χ4v) is 0.953. The predicted octanol–water partition coefficient (Wildman–Crippen LogP) is 1.28. The van der Waals surface area contributed by atoms with Crippen molar-refractivity contribution in [3.8, 4) is 0 Å². The van der Waals surface area contributed by atoms with Crippen molar-refractivity contribution >= 4 is 5.84 Å². The average molecular weight is 163 g/mol. The Hall–Kier alpha value is -1.38. The summed E-state index contributed by atoms with van der Waals surface area (Å²) in [7, 11) is 3.71. The summed E-state index contributed by atoms with van der Waals surface area (Å²) in [5.41, 5.74) is 1.98. The normalized spacial score (nSPS) is 9.58. The van der Waals surface area contributed by atoms with Gasteiger partial charge in [-0.3, -0.25) is 10.4 Å². The zero-order valence-electron chi connectivity index (χ0n) is 7.63. The zero-order chi connectivity index (χ0) is 9.14. The Balaban J connectivity index is 3.03. The van der Waals surface area contributed by atoms with Gasteiger partial charge in [-0.2, -0.15) is 0 Å². The number of hydrogen-bond donors (Lipinski definition) is 1. The SMILES string of the molecule is Cc1ccncc1C(=N)N(C)C. The molecule has 0 aliphatic carbocycles. The molecule has 3 heteroatoms. The van der Waals surface area contributed by atoms with Crippen LogP contribution in [-0.2, 0) is 0 Å². The van der Waals surface area contributed by atoms with Crippen LogP contribution in [-0.4, -0.2) is 29.8 Å². The number of aryl methyl sites for hydroxylation is 1. The molecule has 1 rings (SSSR count). The minimum Gasteiger partial charge on any atom is -0.363 e. The minimum absolute atomic E-state index is 0.501. The molecule has 1 N–H and O–H groups in total. The van der Waals surface area contributed by atoms with Crippen LogP contribution in [0.25, 0.3) is 0 Å². The van der Waals surface area contributed by atoms with Crippen molar-refractivity contribution in [1.29, 1.82) is 5.41 Å². The second-order valence-electron chi connectivity index (χ2n) is 2.93. The molecule has 0 bridgehead atoms. The molecule has 1 heterocycles. The lowest BCUT2D eigenvalue weighted by Gasteiger charge is -2.14. The minimum atomic E-state index is 0.501. The highest BCUT2D eigenvalue weighted by Crippen LogP contribution is 2.06. The molecule has 0 fully saturated rings. The lowest BCUT2D eigenvalue weighted by molar-refractivity contribution is 0.618. The van der Waals surface area contributed by atoms with E-state index in [1.807, 2.05) is 27.1 Å². The van der Waals surface area contributed by atoms with E-state index >= 15 is 0 Å². The standard InChI is InChI=1S/C9H13N3/c1-7-4-5-11-6-8(7)9(10)12(2)3/h4-6,10H,1-3H3. The van der Waals surface area contributed by atoms with E-state index in [-0.39, 0.29) is 0 Å². The Kier molecular flexibility index (Phi) is 2.43. The van der Waals surface area contributed by atoms with Crippen LogP contribution in [0.5, 0.6) is 0 Å². The van der Waals surface area contributed by atoms with Crippen LogP contribution in [0.4, 0.5) is 0 Å². The van der Waals surface area contributed by atoms with E-state index in [1.165, 1.54) is 0 Å². The van der Waals surface area contributed by atoms with E-state index < -0.39 is 0 Å². The maximum atomic E-state index is 7.71. The van der Waals surface area contributed by atoms with Gasteiger partial charge in [0.1, 0.15) is 5.84 Å². The number of amidine groups is 1. The Labute approximate surface area is 72.6 Å². The molecule has 0 amide bonds. The van der Waals surface area contributed by atoms with Crippen molar-refractivity contribution in [3.05, 3.63) is 29.6 Å². The zero-order valence-corrected chi connectivity index (χ0v) is 7.63. The van der Waals surface area contributed by atoms with Gasteiger partial charge < -0.3 is 4.90 Å². The van der Waals surface area contributed by atoms with Gasteiger partial charge in [0.25, 0.3) is 0 Å². The summed E-state index contributed by atoms with van der Waals surface area (Å²) < 4.78 is 0. The summed E-state index contributed by atoms with van der Waals surface area (Å²) in [6, 6.07) is 1.91. The molecule has 0 saturated carbocycles. The first-order valence-corrected chi connectivity index (χ1v) is 3.80. The second-order valence-corrected chi connectivity index (χ2v) is 2.93. The van der Waals surface area contributed by atoms with Crippen LogP contribution in [0.1, 0.15) is 11.1 Å². The summed E-state index contributed by atoms with van der Waals surface area (Å²) in [6.45, 7) is 1.98. The van der Waals surface area contributed by atoms with Crippen molar-refractivity contribution < 1.29 is 0 Å². The van der Waals surface area contributed by atoms with Crippen LogP contribution in [0.3, 0.4) is 0 Å². The molecule has 0 radical (unpaired) electrons. The summed E-state index contributed by atoms with van der Waals surface area (Å²) in [4.78, 5) is 5.75. The highest BCUT2D eigenvalue weighted by atomic mass is 15.1. The van der Waals surface area contributed by atoms with Crippen molar-refractivity contribution in [2.75, 3.05) is 14.1 Å². The van der Waals surface area contributed by atoms with Gasteiger partial charge in [0, 0.05) is 32.1 Å². The third-order valence-electron chi connectivity index (χ3n) is 1.74. The van der Waals surface area contributed by atoms with Gasteiger partial charge in [0.05, 0.1) is 0 Å². The Morgan fingerprint density at radius 1 is 1.50 bits per heavy atom. The summed E-state index contributed by atoms with van der Waals surface area (Å²) in [5, 5.41) is 7.71. The van der Waals surface area contributed by atoms with E-state index in [0.29, 0.717) is 5.84 Å². The van der Waals surface area contributed by atoms with Crippen molar-refractivity contribution in [3.63, 3.8) is 0 Å². The van der Waals surface area contributed by atoms with Crippen LogP contribution >= 0.6 is 0 Å². The molecule has 0 saturated heterocycles. The fourth-order valence-electron chi connectivity index (χ4n) is 0.953. The summed E-state index contributed by atoms with van der Waals surface area (Å²) in [6.07, 6.45) is 3.46. The van der Waals surface area contributed by atoms with Crippen molar-refractivity contribution in [2.24, 2.45) is 0 Å². The van der Waals surface area contributed by atoms with Crippen LogP contribution in [0.15, 0.2) is 18.5 Å². The predicted molar refractivity (Wildman–Crippen MR) is 49.5 cm³/mol. The number of rotatable bonds is 1. The van der Waals surface area contributed by atoms with Gasteiger partial charge in [-0.05, 0) is 18.6 Å². The quantitative estimate of drug-likeness (QED) is 0.500. The molecule has 0 aliphatic heterocycles. The van der Waals surface area contributed by atoms with E-state index in [1.54, 1.807) is 17.3 Å². The maximum Gasteiger partial charge on any atom is 0.129 e. The molecule has 0 atom stereocenters. The molecule has 0 unspecified atom stereocenters. The average Bonchev–Trinajstić information content (AvgIpc) is 2.04. The Morgan fingerprint density at radius 3 is 2.67 bits per heavy atom. The molecule has 12 heavy (non-hydrogen) atoms. The first kappa shape index (κ1) is 8.71. The Morgan fingerprint density at radius 2 is 2.17 bits per heavy atom. The van der Waals surface area contributed by atoms with E-state index in [2.05, 4.69) is 4.98 Å². The highest BCUT2D eigenvalue weighted by Gasteiger charge is 2.05. The molecule has 1 aromatic rings. The largest absolute Gasteiger partial charge is 0.363 e. The van der Waals surface area contributed by atoms with Crippen molar-refractivity contribution in [1.82, 2.24) is 9.88 Å². The molecule has 1 aromatic heterocycles. The van der Waals surface area contributed by atoms with Gasteiger partial charge in [0.2, 0.25) is 0 Å². The van der Waals surface area contributed by atoms with Crippen LogP contribution < -0.4 is 0 Å². The Bertz CT molecular complexity index is 292. The second kappa shape index (κ2) is 3.34. The lowest BCUT2D eigenvalue weighted by Crippen LogP contribution is -2.22. The highest BCUT2D eigenvalue weighted by molar-refractivity contribution is 5.96. The third-order valence-corrected chi connectivity index (χ3v) is 1.74. The number of aromatic nitrogens is 1. The van der Waals surface area contributed by atoms with E-state index in [0.717, 1.165) is 11.1 Å². The molecular weight excluding hydrogens is 150 g/mol. The van der Waals surface area contributed by atoms with E-state index in [4.69, 9.17) is 5.41 Å². The fraction of sp³-hybridized carbons (Fsp3) is 0.333. The monoisotopic (exact) mass is 163 g/mol. The third kappa shape index (κ3) is 1.61. The van der Waals surface area contributed by atoms with Gasteiger partial charge in [0.15, 0.2) is 0 Å². The number of hydrogen-bond acceptors (Lipinski definition) is 2. The number of nitrogens with zero attached hydrogens (tertiary/aromatic N) is 2. The van der Waals surface area contributed by atoms with E-state index in [9.17, 15) is 0 Å². The van der Waals surface area contributed by atoms with Crippen LogP contribution in [0.2, 0.25) is 0 Å². The molecule has 0 spiro atoms. The van der Waals surface area contributed by atoms with Gasteiger partial charge >= 0.3 is 0 Å². The lowest BCUT2D eigenvalue weighted by atomic mass is 10.1. The molecule has 0 aliphatic rings. The smallest absolute Gasteiger partial charge is 0.129 e. The van der Waals surface area contributed by atoms with Gasteiger partial charge in [-0.25, -0.2) is 0 Å². The molecular formula is C9H13N3. The summed E-state index contributed by atoms with van der Waals surface area (Å²) in [5.74, 6) is 0.501. The van der Waals surface area contributed by atoms with Crippen LogP contribution in [0, 0.1) is 12.3 Å².